The number of hydrogen-bond donors (Lipinski definition) is 0. The van der Waals surface area contributed by atoms with Crippen LogP contribution in [0, 0.1) is 0 Å². The minimum atomic E-state index is 0.316. The SMILES string of the molecule is COc1ccccc1-c1cn(C(C)C)nn1. The first-order valence-corrected chi connectivity index (χ1v) is 5.27. The average molecular weight is 217 g/mol. The molecule has 2 aromatic rings. The molecule has 0 aliphatic rings. The first-order valence-electron chi connectivity index (χ1n) is 5.27. The fraction of sp³-hybridized carbons (Fsp3) is 0.333. The molecule has 0 radical (unpaired) electrons. The van der Waals surface area contributed by atoms with E-state index in [4.69, 9.17) is 4.74 Å². The van der Waals surface area contributed by atoms with Crippen molar-refractivity contribution in [2.45, 2.75) is 19.9 Å². The van der Waals surface area contributed by atoms with Crippen LogP contribution in [0.4, 0.5) is 0 Å². The maximum atomic E-state index is 5.29. The highest BCUT2D eigenvalue weighted by molar-refractivity contribution is 5.65. The predicted molar refractivity (Wildman–Crippen MR) is 62.4 cm³/mol. The van der Waals surface area contributed by atoms with E-state index in [0.29, 0.717) is 6.04 Å². The van der Waals surface area contributed by atoms with Gasteiger partial charge in [-0.1, -0.05) is 17.3 Å². The van der Waals surface area contributed by atoms with E-state index in [1.54, 1.807) is 7.11 Å². The van der Waals surface area contributed by atoms with Gasteiger partial charge in [0.2, 0.25) is 0 Å². The van der Waals surface area contributed by atoms with Gasteiger partial charge in [0, 0.05) is 11.6 Å². The molecule has 0 aliphatic heterocycles. The number of ether oxygens (including phenoxy) is 1. The van der Waals surface area contributed by atoms with E-state index in [9.17, 15) is 0 Å². The highest BCUT2D eigenvalue weighted by Gasteiger charge is 2.09. The Balaban J connectivity index is 2.42. The molecule has 16 heavy (non-hydrogen) atoms. The lowest BCUT2D eigenvalue weighted by atomic mass is 10.1. The smallest absolute Gasteiger partial charge is 0.128 e. The Bertz CT molecular complexity index is 477. The number of aromatic nitrogens is 3. The van der Waals surface area contributed by atoms with Crippen molar-refractivity contribution in [2.24, 2.45) is 0 Å². The van der Waals surface area contributed by atoms with E-state index in [-0.39, 0.29) is 0 Å². The number of nitrogens with zero attached hydrogens (tertiary/aromatic N) is 3. The Kier molecular flexibility index (Phi) is 2.90. The summed E-state index contributed by atoms with van der Waals surface area (Å²) in [6.45, 7) is 4.14. The second-order valence-electron chi connectivity index (χ2n) is 3.88. The molecule has 0 aliphatic carbocycles. The summed E-state index contributed by atoms with van der Waals surface area (Å²) in [5, 5.41) is 8.23. The van der Waals surface area contributed by atoms with Gasteiger partial charge in [0.15, 0.2) is 0 Å². The molecule has 0 atom stereocenters. The topological polar surface area (TPSA) is 39.9 Å². The molecule has 0 fully saturated rings. The van der Waals surface area contributed by atoms with Gasteiger partial charge in [-0.25, -0.2) is 4.68 Å². The van der Waals surface area contributed by atoms with Crippen LogP contribution < -0.4 is 4.74 Å². The molecule has 2 rings (SSSR count). The summed E-state index contributed by atoms with van der Waals surface area (Å²) in [5.74, 6) is 0.818. The lowest BCUT2D eigenvalue weighted by molar-refractivity contribution is 0.416. The predicted octanol–water partition coefficient (Wildman–Crippen LogP) is 2.53. The van der Waals surface area contributed by atoms with Crippen LogP contribution in [0.5, 0.6) is 5.75 Å². The van der Waals surface area contributed by atoms with Crippen LogP contribution in [0.25, 0.3) is 11.3 Å². The van der Waals surface area contributed by atoms with Crippen molar-refractivity contribution in [2.75, 3.05) is 7.11 Å². The first kappa shape index (κ1) is 10.7. The van der Waals surface area contributed by atoms with Crippen LogP contribution in [0.2, 0.25) is 0 Å². The van der Waals surface area contributed by atoms with Crippen LogP contribution >= 0.6 is 0 Å². The normalized spacial score (nSPS) is 10.8. The van der Waals surface area contributed by atoms with Gasteiger partial charge < -0.3 is 4.74 Å². The molecule has 1 aromatic heterocycles. The quantitative estimate of drug-likeness (QED) is 0.793. The molecular weight excluding hydrogens is 202 g/mol. The van der Waals surface area contributed by atoms with E-state index in [1.807, 2.05) is 35.1 Å². The first-order chi connectivity index (χ1) is 7.72. The Labute approximate surface area is 94.9 Å². The number of para-hydroxylation sites is 1. The molecule has 0 N–H and O–H groups in total. The second-order valence-corrected chi connectivity index (χ2v) is 3.88. The van der Waals surface area contributed by atoms with Gasteiger partial charge in [-0.2, -0.15) is 0 Å². The summed E-state index contributed by atoms with van der Waals surface area (Å²) in [6.07, 6.45) is 1.93. The van der Waals surface area contributed by atoms with Gasteiger partial charge >= 0.3 is 0 Å². The summed E-state index contributed by atoms with van der Waals surface area (Å²) in [7, 11) is 1.66. The maximum absolute atomic E-state index is 5.29. The number of hydrogen-bond acceptors (Lipinski definition) is 3. The molecule has 0 unspecified atom stereocenters. The van der Waals surface area contributed by atoms with Gasteiger partial charge in [-0.05, 0) is 26.0 Å². The van der Waals surface area contributed by atoms with Gasteiger partial charge in [0.05, 0.1) is 13.3 Å². The summed E-state index contributed by atoms with van der Waals surface area (Å²) in [6, 6.07) is 8.12. The molecule has 4 heteroatoms. The minimum absolute atomic E-state index is 0.316. The Morgan fingerprint density at radius 3 is 2.62 bits per heavy atom. The zero-order valence-corrected chi connectivity index (χ0v) is 9.71. The Morgan fingerprint density at radius 1 is 1.25 bits per heavy atom. The van der Waals surface area contributed by atoms with Crippen LogP contribution in [0.1, 0.15) is 19.9 Å². The molecular formula is C12H15N3O. The standard InChI is InChI=1S/C12H15N3O/c1-9(2)15-8-11(13-14-15)10-6-4-5-7-12(10)16-3/h4-9H,1-3H3. The van der Waals surface area contributed by atoms with Crippen molar-refractivity contribution in [1.29, 1.82) is 0 Å². The van der Waals surface area contributed by atoms with E-state index >= 15 is 0 Å². The fourth-order valence-electron chi connectivity index (χ4n) is 1.51. The fourth-order valence-corrected chi connectivity index (χ4v) is 1.51. The van der Waals surface area contributed by atoms with Crippen molar-refractivity contribution in [1.82, 2.24) is 15.0 Å². The summed E-state index contributed by atoms with van der Waals surface area (Å²) < 4.78 is 7.13. The van der Waals surface area contributed by atoms with Crippen LogP contribution in [-0.4, -0.2) is 22.1 Å². The van der Waals surface area contributed by atoms with Crippen molar-refractivity contribution >= 4 is 0 Å². The number of rotatable bonds is 3. The van der Waals surface area contributed by atoms with Gasteiger partial charge in [0.1, 0.15) is 11.4 Å². The van der Waals surface area contributed by atoms with E-state index in [1.165, 1.54) is 0 Å². The van der Waals surface area contributed by atoms with Crippen LogP contribution in [-0.2, 0) is 0 Å². The zero-order valence-electron chi connectivity index (χ0n) is 9.71. The summed E-state index contributed by atoms with van der Waals surface area (Å²) in [4.78, 5) is 0. The highest BCUT2D eigenvalue weighted by Crippen LogP contribution is 2.27. The molecule has 0 saturated carbocycles. The highest BCUT2D eigenvalue weighted by atomic mass is 16.5. The summed E-state index contributed by atoms with van der Waals surface area (Å²) >= 11 is 0. The second kappa shape index (κ2) is 4.35. The molecule has 0 amide bonds. The van der Waals surface area contributed by atoms with Crippen LogP contribution in [0.3, 0.4) is 0 Å². The minimum Gasteiger partial charge on any atom is -0.496 e. The molecule has 0 spiro atoms. The third-order valence-corrected chi connectivity index (χ3v) is 2.42. The maximum Gasteiger partial charge on any atom is 0.128 e. The molecule has 4 nitrogen and oxygen atoms in total. The third-order valence-electron chi connectivity index (χ3n) is 2.42. The van der Waals surface area contributed by atoms with Crippen molar-refractivity contribution in [3.8, 4) is 17.0 Å². The average Bonchev–Trinajstić information content (AvgIpc) is 2.78. The molecule has 84 valence electrons. The lowest BCUT2D eigenvalue weighted by Crippen LogP contribution is -2.00. The summed E-state index contributed by atoms with van der Waals surface area (Å²) in [5.41, 5.74) is 1.81. The number of methoxy groups -OCH3 is 1. The van der Waals surface area contributed by atoms with E-state index < -0.39 is 0 Å². The number of benzene rings is 1. The van der Waals surface area contributed by atoms with E-state index in [2.05, 4.69) is 24.2 Å². The molecule has 0 saturated heterocycles. The third kappa shape index (κ3) is 1.91. The molecule has 1 aromatic carbocycles. The lowest BCUT2D eigenvalue weighted by Gasteiger charge is -2.04. The van der Waals surface area contributed by atoms with Gasteiger partial charge in [0.25, 0.3) is 0 Å². The Hall–Kier alpha value is -1.84. The largest absolute Gasteiger partial charge is 0.496 e. The van der Waals surface area contributed by atoms with Crippen LogP contribution in [0.15, 0.2) is 30.5 Å². The zero-order chi connectivity index (χ0) is 11.5. The van der Waals surface area contributed by atoms with E-state index in [0.717, 1.165) is 17.0 Å². The van der Waals surface area contributed by atoms with Gasteiger partial charge in [-0.15, -0.1) is 5.10 Å². The Morgan fingerprint density at radius 2 is 2.00 bits per heavy atom. The van der Waals surface area contributed by atoms with Crippen molar-refractivity contribution in [3.05, 3.63) is 30.5 Å². The van der Waals surface area contributed by atoms with Crippen molar-refractivity contribution in [3.63, 3.8) is 0 Å². The molecule has 0 bridgehead atoms. The monoisotopic (exact) mass is 217 g/mol. The van der Waals surface area contributed by atoms with Gasteiger partial charge in [-0.3, -0.25) is 0 Å². The van der Waals surface area contributed by atoms with Crippen molar-refractivity contribution < 1.29 is 4.74 Å². The molecule has 1 heterocycles.